The van der Waals surface area contributed by atoms with Gasteiger partial charge in [-0.1, -0.05) is 12.1 Å². The lowest BCUT2D eigenvalue weighted by molar-refractivity contribution is 0.0536. The Morgan fingerprint density at radius 3 is 2.25 bits per heavy atom. The van der Waals surface area contributed by atoms with Gasteiger partial charge in [0.2, 0.25) is 6.30 Å². The average Bonchev–Trinajstić information content (AvgIpc) is 2.67. The zero-order valence-corrected chi connectivity index (χ0v) is 14.2. The summed E-state index contributed by atoms with van der Waals surface area (Å²) in [5.41, 5.74) is 1.08. The van der Waals surface area contributed by atoms with Crippen LogP contribution in [0.1, 0.15) is 27.8 Å². The predicted molar refractivity (Wildman–Crippen MR) is 84.6 cm³/mol. The number of alkyl halides is 1. The molecule has 0 aliphatic rings. The lowest BCUT2D eigenvalue weighted by Crippen LogP contribution is -2.32. The number of halogens is 5. The summed E-state index contributed by atoms with van der Waals surface area (Å²) in [5, 5.41) is 9.18. The van der Waals surface area contributed by atoms with Gasteiger partial charge in [0.25, 0.3) is 5.91 Å². The average molecular weight is 404 g/mol. The van der Waals surface area contributed by atoms with Gasteiger partial charge >= 0.3 is 6.09 Å². The van der Waals surface area contributed by atoms with Crippen LogP contribution in [0.5, 0.6) is 0 Å². The van der Waals surface area contributed by atoms with Crippen LogP contribution in [0.4, 0.5) is 26.7 Å². The van der Waals surface area contributed by atoms with Crippen molar-refractivity contribution in [3.05, 3.63) is 70.3 Å². The van der Waals surface area contributed by atoms with Crippen LogP contribution in [-0.4, -0.2) is 29.1 Å². The van der Waals surface area contributed by atoms with Crippen LogP contribution in [0.2, 0.25) is 0 Å². The second kappa shape index (κ2) is 8.65. The van der Waals surface area contributed by atoms with Crippen molar-refractivity contribution in [1.82, 2.24) is 10.4 Å². The molecular weight excluding hydrogens is 391 g/mol. The van der Waals surface area contributed by atoms with E-state index >= 15 is 0 Å². The highest BCUT2D eigenvalue weighted by atomic mass is 19.2. The first-order chi connectivity index (χ1) is 13.2. The summed E-state index contributed by atoms with van der Waals surface area (Å²) in [5.74, 6) is -8.89. The van der Waals surface area contributed by atoms with Gasteiger partial charge in [0.05, 0.1) is 13.7 Å². The zero-order chi connectivity index (χ0) is 21.0. The van der Waals surface area contributed by atoms with Gasteiger partial charge in [0.15, 0.2) is 23.3 Å². The molecule has 150 valence electrons. The molecule has 28 heavy (non-hydrogen) atoms. The molecule has 0 spiro atoms. The number of amides is 2. The van der Waals surface area contributed by atoms with Crippen molar-refractivity contribution in [3.8, 4) is 0 Å². The van der Waals surface area contributed by atoms with Crippen molar-refractivity contribution in [3.63, 3.8) is 0 Å². The van der Waals surface area contributed by atoms with Crippen LogP contribution in [0.25, 0.3) is 0 Å². The molecule has 2 N–H and O–H groups in total. The quantitative estimate of drug-likeness (QED) is 0.253. The molecule has 2 aromatic carbocycles. The maximum atomic E-state index is 14.6. The van der Waals surface area contributed by atoms with Crippen molar-refractivity contribution in [2.75, 3.05) is 7.11 Å². The van der Waals surface area contributed by atoms with E-state index in [0.29, 0.717) is 0 Å². The van der Waals surface area contributed by atoms with Crippen LogP contribution >= 0.6 is 0 Å². The molecular formula is C17H13F5N2O4. The molecule has 0 fully saturated rings. The zero-order valence-electron chi connectivity index (χ0n) is 14.2. The van der Waals surface area contributed by atoms with E-state index in [1.807, 2.05) is 0 Å². The summed E-state index contributed by atoms with van der Waals surface area (Å²) in [7, 11) is 1.22. The molecule has 2 rings (SSSR count). The molecule has 0 aliphatic heterocycles. The molecule has 1 atom stereocenters. The second-order valence-electron chi connectivity index (χ2n) is 5.47. The van der Waals surface area contributed by atoms with Gasteiger partial charge in [-0.25, -0.2) is 32.2 Å². The van der Waals surface area contributed by atoms with E-state index in [4.69, 9.17) is 0 Å². The number of hydroxylamine groups is 1. The minimum Gasteiger partial charge on any atom is -0.465 e. The molecule has 2 aromatic rings. The molecule has 2 amide bonds. The van der Waals surface area contributed by atoms with Gasteiger partial charge in [-0.3, -0.25) is 14.5 Å². The third-order valence-electron chi connectivity index (χ3n) is 3.67. The summed E-state index contributed by atoms with van der Waals surface area (Å²) >= 11 is 0. The fourth-order valence-electron chi connectivity index (χ4n) is 2.29. The van der Waals surface area contributed by atoms with Gasteiger partial charge in [0, 0.05) is 11.1 Å². The number of nitrogens with one attached hydrogen (secondary N) is 1. The Hall–Kier alpha value is -3.21. The van der Waals surface area contributed by atoms with Crippen molar-refractivity contribution in [2.24, 2.45) is 0 Å². The number of nitrogens with zero attached hydrogens (tertiary/aromatic N) is 1. The Labute approximate surface area is 155 Å². The monoisotopic (exact) mass is 404 g/mol. The summed E-state index contributed by atoms with van der Waals surface area (Å²) < 4.78 is 68.0. The van der Waals surface area contributed by atoms with Crippen molar-refractivity contribution in [2.45, 2.75) is 12.8 Å². The van der Waals surface area contributed by atoms with E-state index in [-0.39, 0.29) is 22.1 Å². The summed E-state index contributed by atoms with van der Waals surface area (Å²) in [4.78, 5) is 27.4. The van der Waals surface area contributed by atoms with Gasteiger partial charge in [-0.15, -0.1) is 0 Å². The third kappa shape index (κ3) is 4.36. The summed E-state index contributed by atoms with van der Waals surface area (Å²) in [6.45, 7) is -0.650. The fraction of sp³-hybridized carbons (Fsp3) is 0.176. The number of hydrogen-bond acceptors (Lipinski definition) is 3. The van der Waals surface area contributed by atoms with Gasteiger partial charge in [0.1, 0.15) is 0 Å². The highest BCUT2D eigenvalue weighted by Gasteiger charge is 2.31. The maximum Gasteiger partial charge on any atom is 0.410 e. The topological polar surface area (TPSA) is 78.9 Å². The summed E-state index contributed by atoms with van der Waals surface area (Å²) in [6.07, 6.45) is -4.68. The number of hydrogen-bond donors (Lipinski definition) is 2. The standard InChI is InChI=1S/C17H13F5N2O4/c1-28-23-16(25)9-4-2-8(3-5-9)7-24(17(26)27)15(22)10-6-11(18)13(20)14(21)12(10)19/h2-6,15H,7H2,1H3,(H,23,25)(H,26,27). The highest BCUT2D eigenvalue weighted by molar-refractivity contribution is 5.93. The molecule has 11 heteroatoms. The van der Waals surface area contributed by atoms with E-state index in [1.54, 1.807) is 0 Å². The largest absolute Gasteiger partial charge is 0.465 e. The Bertz CT molecular complexity index is 892. The normalized spacial score (nSPS) is 11.8. The lowest BCUT2D eigenvalue weighted by atomic mass is 10.1. The van der Waals surface area contributed by atoms with Crippen LogP contribution in [0.15, 0.2) is 30.3 Å². The molecule has 6 nitrogen and oxygen atoms in total. The summed E-state index contributed by atoms with van der Waals surface area (Å²) in [6, 6.07) is 5.20. The van der Waals surface area contributed by atoms with Crippen LogP contribution in [0.3, 0.4) is 0 Å². The van der Waals surface area contributed by atoms with Crippen LogP contribution in [-0.2, 0) is 11.4 Å². The fourth-order valence-corrected chi connectivity index (χ4v) is 2.29. The van der Waals surface area contributed by atoms with Gasteiger partial charge in [-0.05, 0) is 23.8 Å². The van der Waals surface area contributed by atoms with Crippen molar-refractivity contribution < 1.29 is 41.5 Å². The third-order valence-corrected chi connectivity index (χ3v) is 3.67. The minimum atomic E-state index is -2.82. The first-order valence-electron chi connectivity index (χ1n) is 7.56. The number of carboxylic acid groups (broad SMARTS) is 1. The van der Waals surface area contributed by atoms with E-state index in [2.05, 4.69) is 10.3 Å². The Morgan fingerprint density at radius 1 is 1.11 bits per heavy atom. The maximum absolute atomic E-state index is 14.6. The molecule has 1 unspecified atom stereocenters. The van der Waals surface area contributed by atoms with Gasteiger partial charge in [-0.2, -0.15) is 0 Å². The predicted octanol–water partition coefficient (Wildman–Crippen LogP) is 3.68. The minimum absolute atomic E-state index is 0.0482. The van der Waals surface area contributed by atoms with Crippen molar-refractivity contribution >= 4 is 12.0 Å². The Morgan fingerprint density at radius 2 is 1.71 bits per heavy atom. The lowest BCUT2D eigenvalue weighted by Gasteiger charge is -2.24. The molecule has 0 aromatic heterocycles. The number of carbonyl (C=O) groups is 2. The number of rotatable bonds is 6. The molecule has 0 heterocycles. The first-order valence-corrected chi connectivity index (χ1v) is 7.56. The molecule has 0 radical (unpaired) electrons. The van der Waals surface area contributed by atoms with Crippen LogP contribution < -0.4 is 5.48 Å². The Balaban J connectivity index is 2.29. The smallest absolute Gasteiger partial charge is 0.410 e. The number of benzene rings is 2. The second-order valence-corrected chi connectivity index (χ2v) is 5.47. The van der Waals surface area contributed by atoms with E-state index in [0.717, 1.165) is 0 Å². The molecule has 0 saturated heterocycles. The van der Waals surface area contributed by atoms with Gasteiger partial charge < -0.3 is 5.11 Å². The highest BCUT2D eigenvalue weighted by Crippen LogP contribution is 2.30. The van der Waals surface area contributed by atoms with E-state index in [9.17, 15) is 36.6 Å². The number of carbonyl (C=O) groups excluding carboxylic acids is 1. The van der Waals surface area contributed by atoms with E-state index < -0.39 is 53.7 Å². The van der Waals surface area contributed by atoms with E-state index in [1.165, 1.54) is 31.4 Å². The first kappa shape index (κ1) is 21.1. The van der Waals surface area contributed by atoms with Crippen LogP contribution in [0, 0.1) is 23.3 Å². The molecule has 0 bridgehead atoms. The van der Waals surface area contributed by atoms with Crippen molar-refractivity contribution in [1.29, 1.82) is 0 Å². The molecule has 0 aliphatic carbocycles. The Kier molecular flexibility index (Phi) is 6.52. The molecule has 0 saturated carbocycles. The SMILES string of the molecule is CONC(=O)c1ccc(CN(C(=O)O)C(F)c2cc(F)c(F)c(F)c2F)cc1.